The van der Waals surface area contributed by atoms with Crippen LogP contribution in [0.15, 0.2) is 83.9 Å². The lowest BCUT2D eigenvalue weighted by Gasteiger charge is -2.08. The number of nitrogens with zero attached hydrogens (tertiary/aromatic N) is 2. The molecule has 0 aliphatic rings. The van der Waals surface area contributed by atoms with E-state index in [1.165, 1.54) is 11.8 Å². The first kappa shape index (κ1) is 17.6. The molecular weight excluding hydrogens is 378 g/mol. The van der Waals surface area contributed by atoms with Gasteiger partial charge in [-0.25, -0.2) is 4.98 Å². The molecular formula is C21H16ClN3OS. The molecule has 0 atom stereocenters. The van der Waals surface area contributed by atoms with Crippen LogP contribution in [0.25, 0.3) is 16.9 Å². The van der Waals surface area contributed by atoms with Crippen molar-refractivity contribution in [3.8, 4) is 11.3 Å². The van der Waals surface area contributed by atoms with Crippen LogP contribution in [0.4, 0.5) is 5.82 Å². The topological polar surface area (TPSA) is 46.4 Å². The van der Waals surface area contributed by atoms with E-state index >= 15 is 0 Å². The molecule has 2 heterocycles. The van der Waals surface area contributed by atoms with Gasteiger partial charge in [-0.15, -0.1) is 11.8 Å². The number of rotatable bonds is 5. The monoisotopic (exact) mass is 393 g/mol. The number of fused-ring (bicyclic) bond motifs is 1. The third kappa shape index (κ3) is 3.99. The van der Waals surface area contributed by atoms with Gasteiger partial charge in [-0.1, -0.05) is 48.0 Å². The molecule has 27 heavy (non-hydrogen) atoms. The standard InChI is InChI=1S/C21H16ClN3OS/c22-16-11-9-15(10-12-16)20-21(25-13-5-4-8-18(25)23-20)24-19(26)14-27-17-6-2-1-3-7-17/h1-13H,14H2,(H,24,26). The number of halogens is 1. The van der Waals surface area contributed by atoms with Crippen LogP contribution in [0.5, 0.6) is 0 Å². The van der Waals surface area contributed by atoms with E-state index in [-0.39, 0.29) is 5.91 Å². The summed E-state index contributed by atoms with van der Waals surface area (Å²) in [7, 11) is 0. The van der Waals surface area contributed by atoms with E-state index in [0.717, 1.165) is 21.8 Å². The van der Waals surface area contributed by atoms with Crippen LogP contribution < -0.4 is 5.32 Å². The fourth-order valence-corrected chi connectivity index (χ4v) is 3.60. The second-order valence-corrected chi connectivity index (χ2v) is 7.38. The molecule has 2 aromatic carbocycles. The maximum Gasteiger partial charge on any atom is 0.235 e. The highest BCUT2D eigenvalue weighted by Gasteiger charge is 2.16. The molecule has 4 nitrogen and oxygen atoms in total. The third-order valence-corrected chi connectivity index (χ3v) is 5.28. The van der Waals surface area contributed by atoms with E-state index < -0.39 is 0 Å². The van der Waals surface area contributed by atoms with Crippen molar-refractivity contribution >= 4 is 40.7 Å². The summed E-state index contributed by atoms with van der Waals surface area (Å²) in [4.78, 5) is 18.3. The summed E-state index contributed by atoms with van der Waals surface area (Å²) in [5.74, 6) is 0.903. The molecule has 0 unspecified atom stereocenters. The molecule has 0 spiro atoms. The number of anilines is 1. The number of thioether (sulfide) groups is 1. The maximum absolute atomic E-state index is 12.6. The Morgan fingerprint density at radius 1 is 1.00 bits per heavy atom. The van der Waals surface area contributed by atoms with Gasteiger partial charge in [0.1, 0.15) is 17.2 Å². The highest BCUT2D eigenvalue weighted by atomic mass is 35.5. The van der Waals surface area contributed by atoms with Crippen LogP contribution >= 0.6 is 23.4 Å². The van der Waals surface area contributed by atoms with Crippen LogP contribution in [-0.2, 0) is 4.79 Å². The van der Waals surface area contributed by atoms with Crippen LogP contribution in [0.1, 0.15) is 0 Å². The highest BCUT2D eigenvalue weighted by Crippen LogP contribution is 2.30. The minimum atomic E-state index is -0.0790. The predicted octanol–water partition coefficient (Wildman–Crippen LogP) is 5.39. The Morgan fingerprint density at radius 2 is 1.74 bits per heavy atom. The van der Waals surface area contributed by atoms with Gasteiger partial charge in [-0.3, -0.25) is 9.20 Å². The lowest BCUT2D eigenvalue weighted by Crippen LogP contribution is -2.16. The Balaban J connectivity index is 1.62. The molecule has 6 heteroatoms. The quantitative estimate of drug-likeness (QED) is 0.462. The van der Waals surface area contributed by atoms with Gasteiger partial charge in [-0.2, -0.15) is 0 Å². The zero-order valence-corrected chi connectivity index (χ0v) is 15.9. The molecule has 4 rings (SSSR count). The summed E-state index contributed by atoms with van der Waals surface area (Å²) in [6.07, 6.45) is 1.89. The Hall–Kier alpha value is -2.76. The maximum atomic E-state index is 12.6. The molecule has 134 valence electrons. The number of carbonyl (C=O) groups is 1. The van der Waals surface area contributed by atoms with Crippen LogP contribution in [0.3, 0.4) is 0 Å². The Bertz CT molecular complexity index is 1080. The van der Waals surface area contributed by atoms with E-state index in [2.05, 4.69) is 10.3 Å². The number of carbonyl (C=O) groups excluding carboxylic acids is 1. The summed E-state index contributed by atoms with van der Waals surface area (Å²) >= 11 is 7.50. The first-order chi connectivity index (χ1) is 13.2. The zero-order chi connectivity index (χ0) is 18.6. The second kappa shape index (κ2) is 7.86. The molecule has 0 aliphatic carbocycles. The Kier molecular flexibility index (Phi) is 5.14. The summed E-state index contributed by atoms with van der Waals surface area (Å²) in [6, 6.07) is 23.0. The van der Waals surface area contributed by atoms with Crippen molar-refractivity contribution in [1.29, 1.82) is 0 Å². The summed E-state index contributed by atoms with van der Waals surface area (Å²) in [5.41, 5.74) is 2.39. The molecule has 1 N–H and O–H groups in total. The van der Waals surface area contributed by atoms with Crippen molar-refractivity contribution in [3.05, 3.63) is 84.0 Å². The molecule has 1 amide bonds. The van der Waals surface area contributed by atoms with Crippen molar-refractivity contribution in [2.45, 2.75) is 4.90 Å². The smallest absolute Gasteiger partial charge is 0.235 e. The molecule has 0 aliphatic heterocycles. The summed E-state index contributed by atoms with van der Waals surface area (Å²) < 4.78 is 1.88. The minimum Gasteiger partial charge on any atom is -0.309 e. The normalized spacial score (nSPS) is 10.9. The highest BCUT2D eigenvalue weighted by molar-refractivity contribution is 8.00. The molecule has 0 saturated heterocycles. The Morgan fingerprint density at radius 3 is 2.52 bits per heavy atom. The van der Waals surface area contributed by atoms with Crippen molar-refractivity contribution in [1.82, 2.24) is 9.38 Å². The minimum absolute atomic E-state index is 0.0790. The van der Waals surface area contributed by atoms with Crippen molar-refractivity contribution in [3.63, 3.8) is 0 Å². The van der Waals surface area contributed by atoms with Crippen molar-refractivity contribution in [2.24, 2.45) is 0 Å². The largest absolute Gasteiger partial charge is 0.309 e. The van der Waals surface area contributed by atoms with Crippen LogP contribution in [-0.4, -0.2) is 21.0 Å². The lowest BCUT2D eigenvalue weighted by atomic mass is 10.1. The van der Waals surface area contributed by atoms with Gasteiger partial charge >= 0.3 is 0 Å². The first-order valence-corrected chi connectivity index (χ1v) is 9.78. The number of nitrogens with one attached hydrogen (secondary N) is 1. The van der Waals surface area contributed by atoms with Crippen LogP contribution in [0, 0.1) is 0 Å². The van der Waals surface area contributed by atoms with Gasteiger partial charge in [0.15, 0.2) is 0 Å². The lowest BCUT2D eigenvalue weighted by molar-refractivity contribution is -0.113. The third-order valence-electron chi connectivity index (χ3n) is 4.02. The number of hydrogen-bond acceptors (Lipinski definition) is 3. The van der Waals surface area contributed by atoms with Gasteiger partial charge in [-0.05, 0) is 36.4 Å². The SMILES string of the molecule is O=C(CSc1ccccc1)Nc1c(-c2ccc(Cl)cc2)nc2ccccn12. The Labute approximate surface area is 166 Å². The molecule has 2 aromatic heterocycles. The molecule has 0 radical (unpaired) electrons. The summed E-state index contributed by atoms with van der Waals surface area (Å²) in [6.45, 7) is 0. The van der Waals surface area contributed by atoms with Gasteiger partial charge in [0.2, 0.25) is 5.91 Å². The average molecular weight is 394 g/mol. The average Bonchev–Trinajstić information content (AvgIpc) is 3.06. The van der Waals surface area contributed by atoms with Crippen molar-refractivity contribution in [2.75, 3.05) is 11.1 Å². The molecule has 0 fully saturated rings. The van der Waals surface area contributed by atoms with E-state index in [1.54, 1.807) is 0 Å². The number of imidazole rings is 1. The fraction of sp³-hybridized carbons (Fsp3) is 0.0476. The first-order valence-electron chi connectivity index (χ1n) is 8.41. The van der Waals surface area contributed by atoms with Crippen molar-refractivity contribution < 1.29 is 4.79 Å². The van der Waals surface area contributed by atoms with E-state index in [4.69, 9.17) is 11.6 Å². The molecule has 0 saturated carbocycles. The molecule has 0 bridgehead atoms. The van der Waals surface area contributed by atoms with Gasteiger partial charge < -0.3 is 5.32 Å². The number of benzene rings is 2. The van der Waals surface area contributed by atoms with Crippen LogP contribution in [0.2, 0.25) is 5.02 Å². The van der Waals surface area contributed by atoms with E-state index in [1.807, 2.05) is 83.4 Å². The molecule has 4 aromatic rings. The summed E-state index contributed by atoms with van der Waals surface area (Å²) in [5, 5.41) is 3.68. The van der Waals surface area contributed by atoms with E-state index in [9.17, 15) is 4.79 Å². The fourth-order valence-electron chi connectivity index (χ4n) is 2.76. The number of hydrogen-bond donors (Lipinski definition) is 1. The van der Waals surface area contributed by atoms with Gasteiger partial charge in [0, 0.05) is 21.7 Å². The van der Waals surface area contributed by atoms with E-state index in [0.29, 0.717) is 16.6 Å². The predicted molar refractivity (Wildman–Crippen MR) is 111 cm³/mol. The second-order valence-electron chi connectivity index (χ2n) is 5.89. The number of amides is 1. The van der Waals surface area contributed by atoms with Gasteiger partial charge in [0.05, 0.1) is 5.75 Å². The number of pyridine rings is 1. The van der Waals surface area contributed by atoms with Gasteiger partial charge in [0.25, 0.3) is 0 Å². The number of aromatic nitrogens is 2. The zero-order valence-electron chi connectivity index (χ0n) is 14.3.